The molecule has 2 atom stereocenters. The predicted molar refractivity (Wildman–Crippen MR) is 72.0 cm³/mol. The zero-order valence-electron chi connectivity index (χ0n) is 10.8. The van der Waals surface area contributed by atoms with Gasteiger partial charge in [-0.25, -0.2) is 4.39 Å². The van der Waals surface area contributed by atoms with Gasteiger partial charge in [0.2, 0.25) is 0 Å². The Morgan fingerprint density at radius 2 is 2.06 bits per heavy atom. The van der Waals surface area contributed by atoms with Gasteiger partial charge < -0.3 is 5.32 Å². The second-order valence-electron chi connectivity index (χ2n) is 4.67. The van der Waals surface area contributed by atoms with Crippen molar-refractivity contribution in [2.45, 2.75) is 39.7 Å². The molecule has 1 aromatic rings. The van der Waals surface area contributed by atoms with Gasteiger partial charge in [0.05, 0.1) is 5.02 Å². The van der Waals surface area contributed by atoms with Crippen molar-refractivity contribution in [1.82, 2.24) is 5.32 Å². The summed E-state index contributed by atoms with van der Waals surface area (Å²) in [6.07, 6.45) is 2.05. The van der Waals surface area contributed by atoms with E-state index in [1.54, 1.807) is 6.07 Å². The van der Waals surface area contributed by atoms with Gasteiger partial charge in [-0.15, -0.1) is 0 Å². The van der Waals surface area contributed by atoms with Crippen LogP contribution in [-0.4, -0.2) is 12.6 Å². The normalized spacial score (nSPS) is 14.6. The summed E-state index contributed by atoms with van der Waals surface area (Å²) in [7, 11) is 0. The van der Waals surface area contributed by atoms with Crippen molar-refractivity contribution < 1.29 is 4.39 Å². The van der Waals surface area contributed by atoms with E-state index in [1.807, 2.05) is 6.07 Å². The Labute approximate surface area is 108 Å². The molecule has 0 aliphatic carbocycles. The van der Waals surface area contributed by atoms with E-state index in [4.69, 9.17) is 11.6 Å². The van der Waals surface area contributed by atoms with Crippen LogP contribution in [0.5, 0.6) is 0 Å². The molecule has 1 aromatic carbocycles. The van der Waals surface area contributed by atoms with E-state index in [2.05, 4.69) is 26.1 Å². The van der Waals surface area contributed by atoms with E-state index in [0.717, 1.165) is 24.9 Å². The highest BCUT2D eigenvalue weighted by Gasteiger charge is 2.12. The lowest BCUT2D eigenvalue weighted by molar-refractivity contribution is 0.399. The molecule has 96 valence electrons. The number of nitrogens with one attached hydrogen (secondary N) is 1. The minimum Gasteiger partial charge on any atom is -0.314 e. The fourth-order valence-electron chi connectivity index (χ4n) is 1.79. The van der Waals surface area contributed by atoms with Gasteiger partial charge in [-0.2, -0.15) is 0 Å². The van der Waals surface area contributed by atoms with Crippen molar-refractivity contribution in [1.29, 1.82) is 0 Å². The van der Waals surface area contributed by atoms with Gasteiger partial charge in [-0.05, 0) is 49.9 Å². The van der Waals surface area contributed by atoms with Gasteiger partial charge >= 0.3 is 0 Å². The molecule has 0 radical (unpaired) electrons. The molecule has 3 heteroatoms. The number of hydrogen-bond donors (Lipinski definition) is 1. The maximum absolute atomic E-state index is 13.0. The molecule has 0 heterocycles. The first-order valence-electron chi connectivity index (χ1n) is 6.22. The Morgan fingerprint density at radius 3 is 2.65 bits per heavy atom. The van der Waals surface area contributed by atoms with Crippen LogP contribution < -0.4 is 5.32 Å². The Kier molecular flexibility index (Phi) is 5.93. The fourth-order valence-corrected chi connectivity index (χ4v) is 1.99. The van der Waals surface area contributed by atoms with Crippen molar-refractivity contribution in [3.05, 3.63) is 34.6 Å². The molecule has 0 amide bonds. The van der Waals surface area contributed by atoms with E-state index >= 15 is 0 Å². The SMILES string of the molecule is CCCNC(C)C(C)Cc1ccc(F)c(Cl)c1. The van der Waals surface area contributed by atoms with Gasteiger partial charge in [-0.1, -0.05) is 31.5 Å². The van der Waals surface area contributed by atoms with Crippen LogP contribution in [0.4, 0.5) is 4.39 Å². The zero-order valence-corrected chi connectivity index (χ0v) is 11.5. The van der Waals surface area contributed by atoms with Crippen LogP contribution in [0.3, 0.4) is 0 Å². The molecule has 0 aliphatic rings. The summed E-state index contributed by atoms with van der Waals surface area (Å²) in [5.74, 6) is 0.156. The zero-order chi connectivity index (χ0) is 12.8. The van der Waals surface area contributed by atoms with Gasteiger partial charge in [0.1, 0.15) is 5.82 Å². The maximum atomic E-state index is 13.0. The first kappa shape index (κ1) is 14.5. The average molecular weight is 258 g/mol. The molecule has 0 spiro atoms. The lowest BCUT2D eigenvalue weighted by Crippen LogP contribution is -2.33. The second kappa shape index (κ2) is 6.97. The quantitative estimate of drug-likeness (QED) is 0.811. The van der Waals surface area contributed by atoms with Crippen LogP contribution in [0.25, 0.3) is 0 Å². The molecule has 1 N–H and O–H groups in total. The molecule has 0 saturated carbocycles. The Balaban J connectivity index is 2.55. The molecule has 0 aliphatic heterocycles. The molecular formula is C14H21ClFN. The van der Waals surface area contributed by atoms with Crippen molar-refractivity contribution in [3.8, 4) is 0 Å². The summed E-state index contributed by atoms with van der Waals surface area (Å²) < 4.78 is 13.0. The van der Waals surface area contributed by atoms with E-state index in [-0.39, 0.29) is 10.8 Å². The van der Waals surface area contributed by atoms with Gasteiger partial charge in [-0.3, -0.25) is 0 Å². The molecule has 0 bridgehead atoms. The van der Waals surface area contributed by atoms with E-state index < -0.39 is 0 Å². The maximum Gasteiger partial charge on any atom is 0.141 e. The van der Waals surface area contributed by atoms with Crippen LogP contribution in [-0.2, 0) is 6.42 Å². The highest BCUT2D eigenvalue weighted by atomic mass is 35.5. The molecular weight excluding hydrogens is 237 g/mol. The molecule has 1 rings (SSSR count). The topological polar surface area (TPSA) is 12.0 Å². The third-order valence-corrected chi connectivity index (χ3v) is 3.40. The van der Waals surface area contributed by atoms with Crippen molar-refractivity contribution >= 4 is 11.6 Å². The first-order valence-corrected chi connectivity index (χ1v) is 6.59. The monoisotopic (exact) mass is 257 g/mol. The van der Waals surface area contributed by atoms with Crippen LogP contribution in [0.15, 0.2) is 18.2 Å². The van der Waals surface area contributed by atoms with E-state index in [9.17, 15) is 4.39 Å². The second-order valence-corrected chi connectivity index (χ2v) is 5.08. The average Bonchev–Trinajstić information content (AvgIpc) is 2.30. The summed E-state index contributed by atoms with van der Waals surface area (Å²) >= 11 is 5.77. The summed E-state index contributed by atoms with van der Waals surface area (Å²) in [4.78, 5) is 0. The summed E-state index contributed by atoms with van der Waals surface area (Å²) in [5.41, 5.74) is 1.09. The molecule has 2 unspecified atom stereocenters. The number of hydrogen-bond acceptors (Lipinski definition) is 1. The number of rotatable bonds is 6. The third kappa shape index (κ3) is 4.64. The summed E-state index contributed by atoms with van der Waals surface area (Å²) in [6.45, 7) is 7.58. The number of benzene rings is 1. The minimum absolute atomic E-state index is 0.212. The van der Waals surface area contributed by atoms with Crippen LogP contribution in [0, 0.1) is 11.7 Å². The van der Waals surface area contributed by atoms with E-state index in [1.165, 1.54) is 6.07 Å². The molecule has 0 aromatic heterocycles. The standard InChI is InChI=1S/C14H21ClFN/c1-4-7-17-11(3)10(2)8-12-5-6-14(16)13(15)9-12/h5-6,9-11,17H,4,7-8H2,1-3H3. The van der Waals surface area contributed by atoms with Crippen LogP contribution in [0.2, 0.25) is 5.02 Å². The highest BCUT2D eigenvalue weighted by Crippen LogP contribution is 2.19. The Morgan fingerprint density at radius 1 is 1.35 bits per heavy atom. The smallest absolute Gasteiger partial charge is 0.141 e. The van der Waals surface area contributed by atoms with E-state index in [0.29, 0.717) is 12.0 Å². The van der Waals surface area contributed by atoms with Crippen LogP contribution >= 0.6 is 11.6 Å². The van der Waals surface area contributed by atoms with Gasteiger partial charge in [0.25, 0.3) is 0 Å². The van der Waals surface area contributed by atoms with Crippen molar-refractivity contribution in [2.24, 2.45) is 5.92 Å². The molecule has 0 fully saturated rings. The Bertz CT molecular complexity index is 354. The number of halogens is 2. The summed E-state index contributed by atoms with van der Waals surface area (Å²) in [5, 5.41) is 3.68. The lowest BCUT2D eigenvalue weighted by atomic mass is 9.95. The molecule has 1 nitrogen and oxygen atoms in total. The van der Waals surface area contributed by atoms with Gasteiger partial charge in [0.15, 0.2) is 0 Å². The van der Waals surface area contributed by atoms with Crippen LogP contribution in [0.1, 0.15) is 32.8 Å². The third-order valence-electron chi connectivity index (χ3n) is 3.11. The lowest BCUT2D eigenvalue weighted by Gasteiger charge is -2.21. The highest BCUT2D eigenvalue weighted by molar-refractivity contribution is 6.30. The first-order chi connectivity index (χ1) is 8.04. The van der Waals surface area contributed by atoms with Gasteiger partial charge in [0, 0.05) is 6.04 Å². The van der Waals surface area contributed by atoms with Crippen molar-refractivity contribution in [2.75, 3.05) is 6.54 Å². The Hall–Kier alpha value is -0.600. The minimum atomic E-state index is -0.347. The molecule has 17 heavy (non-hydrogen) atoms. The van der Waals surface area contributed by atoms with Crippen molar-refractivity contribution in [3.63, 3.8) is 0 Å². The predicted octanol–water partition coefficient (Wildman–Crippen LogP) is 4.05. The summed E-state index contributed by atoms with van der Waals surface area (Å²) in [6, 6.07) is 5.43. The molecule has 0 saturated heterocycles. The fraction of sp³-hybridized carbons (Fsp3) is 0.571. The largest absolute Gasteiger partial charge is 0.314 e.